The van der Waals surface area contributed by atoms with Crippen molar-refractivity contribution >= 4 is 12.8 Å². The molecule has 4 heteroatoms. The molecule has 2 rings (SSSR count). The van der Waals surface area contributed by atoms with E-state index in [1.807, 2.05) is 0 Å². The molecule has 3 nitrogen and oxygen atoms in total. The first-order chi connectivity index (χ1) is 10.0. The molecule has 0 amide bonds. The van der Waals surface area contributed by atoms with Crippen LogP contribution in [0.4, 0.5) is 5.69 Å². The molecule has 21 heavy (non-hydrogen) atoms. The summed E-state index contributed by atoms with van der Waals surface area (Å²) < 4.78 is 18.4. The highest BCUT2D eigenvalue weighted by Gasteiger charge is 2.33. The molecule has 1 unspecified atom stereocenters. The Morgan fingerprint density at radius 3 is 2.48 bits per heavy atom. The minimum atomic E-state index is -1.97. The fourth-order valence-corrected chi connectivity index (χ4v) is 5.99. The number of hydrogen-bond donors (Lipinski definition) is 0. The van der Waals surface area contributed by atoms with E-state index in [2.05, 4.69) is 43.9 Å². The van der Waals surface area contributed by atoms with Crippen molar-refractivity contribution in [1.82, 2.24) is 0 Å². The zero-order chi connectivity index (χ0) is 15.5. The van der Waals surface area contributed by atoms with Gasteiger partial charge in [0, 0.05) is 42.8 Å². The lowest BCUT2D eigenvalue weighted by molar-refractivity contribution is 0.410. The molecule has 1 aliphatic rings. The predicted molar refractivity (Wildman–Crippen MR) is 91.7 cm³/mol. The number of rotatable bonds is 5. The molecule has 0 aromatic heterocycles. The van der Waals surface area contributed by atoms with E-state index < -0.39 is 7.14 Å². The third kappa shape index (κ3) is 3.45. The lowest BCUT2D eigenvalue weighted by Crippen LogP contribution is -2.36. The van der Waals surface area contributed by atoms with Crippen LogP contribution in [0.1, 0.15) is 32.8 Å². The molecule has 118 valence electrons. The molecule has 0 aliphatic carbocycles. The standard InChI is InChI=1S/C17H28NO2P/c1-5-14(3)21(19)11-9-18(10-12-21)16-8-7-15(6-2)17(13-16)20-4/h7-8,13-14H,5-6,9-12H2,1-4H3. The number of anilines is 1. The second-order valence-corrected chi connectivity index (χ2v) is 9.67. The number of benzene rings is 1. The van der Waals surface area contributed by atoms with Gasteiger partial charge in [-0.2, -0.15) is 0 Å². The first kappa shape index (κ1) is 16.4. The second-order valence-electron chi connectivity index (χ2n) is 5.99. The fourth-order valence-electron chi connectivity index (χ4n) is 3.06. The van der Waals surface area contributed by atoms with Crippen LogP contribution in [-0.4, -0.2) is 38.2 Å². The number of ether oxygens (including phenoxy) is 1. The van der Waals surface area contributed by atoms with Gasteiger partial charge in [-0.25, -0.2) is 0 Å². The van der Waals surface area contributed by atoms with Crippen molar-refractivity contribution < 1.29 is 9.30 Å². The number of aryl methyl sites for hydroxylation is 1. The molecule has 1 heterocycles. The van der Waals surface area contributed by atoms with Crippen molar-refractivity contribution in [3.05, 3.63) is 23.8 Å². The molecule has 1 aliphatic heterocycles. The maximum atomic E-state index is 12.9. The van der Waals surface area contributed by atoms with Gasteiger partial charge >= 0.3 is 0 Å². The minimum Gasteiger partial charge on any atom is -0.496 e. The van der Waals surface area contributed by atoms with Crippen molar-refractivity contribution in [2.75, 3.05) is 37.4 Å². The number of methoxy groups -OCH3 is 1. The summed E-state index contributed by atoms with van der Waals surface area (Å²) >= 11 is 0. The lowest BCUT2D eigenvalue weighted by atomic mass is 10.1. The minimum absolute atomic E-state index is 0.372. The van der Waals surface area contributed by atoms with E-state index in [1.165, 1.54) is 11.3 Å². The van der Waals surface area contributed by atoms with E-state index in [9.17, 15) is 4.57 Å². The lowest BCUT2D eigenvalue weighted by Gasteiger charge is -2.36. The summed E-state index contributed by atoms with van der Waals surface area (Å²) in [6, 6.07) is 6.44. The normalized spacial score (nSPS) is 19.3. The van der Waals surface area contributed by atoms with Crippen LogP contribution in [0, 0.1) is 0 Å². The number of nitrogens with zero attached hydrogens (tertiary/aromatic N) is 1. The van der Waals surface area contributed by atoms with Crippen molar-refractivity contribution in [1.29, 1.82) is 0 Å². The van der Waals surface area contributed by atoms with Gasteiger partial charge in [0.15, 0.2) is 0 Å². The molecule has 1 aromatic rings. The molecule has 1 aromatic carbocycles. The molecule has 0 radical (unpaired) electrons. The van der Waals surface area contributed by atoms with Gasteiger partial charge in [0.25, 0.3) is 0 Å². The van der Waals surface area contributed by atoms with Crippen molar-refractivity contribution in [3.63, 3.8) is 0 Å². The Kier molecular flexibility index (Phi) is 5.37. The van der Waals surface area contributed by atoms with Gasteiger partial charge in [0.1, 0.15) is 5.75 Å². The summed E-state index contributed by atoms with van der Waals surface area (Å²) in [4.78, 5) is 2.35. The molecular weight excluding hydrogens is 281 g/mol. The van der Waals surface area contributed by atoms with E-state index in [0.717, 1.165) is 44.0 Å². The molecule has 1 fully saturated rings. The van der Waals surface area contributed by atoms with E-state index in [0.29, 0.717) is 5.66 Å². The SMILES string of the molecule is CCc1ccc(N2CCP(=O)(C(C)CC)CC2)cc1OC. The van der Waals surface area contributed by atoms with Gasteiger partial charge in [-0.05, 0) is 24.5 Å². The molecule has 0 spiro atoms. The average Bonchev–Trinajstić information content (AvgIpc) is 2.54. The molecule has 0 saturated carbocycles. The summed E-state index contributed by atoms with van der Waals surface area (Å²) in [5, 5.41) is 0. The third-order valence-electron chi connectivity index (χ3n) is 4.91. The Morgan fingerprint density at radius 1 is 1.29 bits per heavy atom. The molecule has 1 saturated heterocycles. The van der Waals surface area contributed by atoms with E-state index in [4.69, 9.17) is 4.74 Å². The average molecular weight is 309 g/mol. The maximum absolute atomic E-state index is 12.9. The van der Waals surface area contributed by atoms with E-state index >= 15 is 0 Å². The van der Waals surface area contributed by atoms with Crippen molar-refractivity contribution in [3.8, 4) is 5.75 Å². The Morgan fingerprint density at radius 2 is 1.95 bits per heavy atom. The van der Waals surface area contributed by atoms with Gasteiger partial charge < -0.3 is 14.2 Å². The van der Waals surface area contributed by atoms with E-state index in [1.54, 1.807) is 7.11 Å². The summed E-state index contributed by atoms with van der Waals surface area (Å²) in [7, 11) is -0.242. The van der Waals surface area contributed by atoms with Crippen LogP contribution in [0.25, 0.3) is 0 Å². The van der Waals surface area contributed by atoms with Crippen LogP contribution in [-0.2, 0) is 11.0 Å². The Labute approximate surface area is 129 Å². The van der Waals surface area contributed by atoms with Crippen molar-refractivity contribution in [2.45, 2.75) is 39.3 Å². The first-order valence-electron chi connectivity index (χ1n) is 8.03. The molecular formula is C17H28NO2P. The highest BCUT2D eigenvalue weighted by Crippen LogP contribution is 2.53. The summed E-state index contributed by atoms with van der Waals surface area (Å²) in [6.07, 6.45) is 3.70. The summed E-state index contributed by atoms with van der Waals surface area (Å²) in [5.74, 6) is 0.964. The topological polar surface area (TPSA) is 29.5 Å². The number of hydrogen-bond acceptors (Lipinski definition) is 3. The molecule has 0 bridgehead atoms. The molecule has 0 N–H and O–H groups in total. The zero-order valence-corrected chi connectivity index (χ0v) is 14.7. The van der Waals surface area contributed by atoms with Crippen LogP contribution in [0.5, 0.6) is 5.75 Å². The Balaban J connectivity index is 2.10. The molecule has 1 atom stereocenters. The largest absolute Gasteiger partial charge is 0.496 e. The van der Waals surface area contributed by atoms with Crippen LogP contribution < -0.4 is 9.64 Å². The Hall–Kier alpha value is -0.950. The van der Waals surface area contributed by atoms with Gasteiger partial charge in [-0.1, -0.05) is 26.8 Å². The van der Waals surface area contributed by atoms with Crippen LogP contribution >= 0.6 is 7.14 Å². The van der Waals surface area contributed by atoms with Gasteiger partial charge in [-0.3, -0.25) is 0 Å². The second kappa shape index (κ2) is 6.87. The smallest absolute Gasteiger partial charge is 0.124 e. The highest BCUT2D eigenvalue weighted by molar-refractivity contribution is 7.64. The fraction of sp³-hybridized carbons (Fsp3) is 0.647. The Bertz CT molecular complexity index is 518. The van der Waals surface area contributed by atoms with Crippen LogP contribution in [0.3, 0.4) is 0 Å². The highest BCUT2D eigenvalue weighted by atomic mass is 31.2. The summed E-state index contributed by atoms with van der Waals surface area (Å²) in [6.45, 7) is 8.23. The maximum Gasteiger partial charge on any atom is 0.124 e. The first-order valence-corrected chi connectivity index (χ1v) is 10.2. The van der Waals surface area contributed by atoms with E-state index in [-0.39, 0.29) is 0 Å². The quantitative estimate of drug-likeness (QED) is 0.762. The van der Waals surface area contributed by atoms with Crippen LogP contribution in [0.2, 0.25) is 0 Å². The van der Waals surface area contributed by atoms with Gasteiger partial charge in [-0.15, -0.1) is 0 Å². The predicted octanol–water partition coefficient (Wildman–Crippen LogP) is 4.24. The van der Waals surface area contributed by atoms with Crippen molar-refractivity contribution in [2.24, 2.45) is 0 Å². The van der Waals surface area contributed by atoms with Gasteiger partial charge in [0.2, 0.25) is 0 Å². The van der Waals surface area contributed by atoms with Crippen LogP contribution in [0.15, 0.2) is 18.2 Å². The van der Waals surface area contributed by atoms with Gasteiger partial charge in [0.05, 0.1) is 14.3 Å². The monoisotopic (exact) mass is 309 g/mol. The third-order valence-corrected chi connectivity index (χ3v) is 8.79. The zero-order valence-electron chi connectivity index (χ0n) is 13.8. The summed E-state index contributed by atoms with van der Waals surface area (Å²) in [5.41, 5.74) is 2.81.